The molecular formula is C27H27N5O3S. The Balaban J connectivity index is 1.23. The standard InChI is InChI=1S/C27H27N5O3S/c1-27(2,28)7-6-16-8-19-25(29-11-16)32(15-30-19)12-17-9-21(33-3)24-22(10-17)34-13-23(35-24)20-14-36-26(31-20)18-4-5-18/h8-11,14-15,18,23H,4-5,12-13,28H2,1-3H3. The second-order valence-corrected chi connectivity index (χ2v) is 10.7. The lowest BCUT2D eigenvalue weighted by atomic mass is 10.1. The number of thiazole rings is 1. The zero-order valence-corrected chi connectivity index (χ0v) is 21.3. The topological polar surface area (TPSA) is 97.3 Å². The zero-order chi connectivity index (χ0) is 24.9. The molecule has 1 aromatic carbocycles. The molecule has 9 heteroatoms. The molecule has 6 rings (SSSR count). The number of rotatable bonds is 5. The van der Waals surface area contributed by atoms with Gasteiger partial charge in [0.2, 0.25) is 5.75 Å². The molecule has 4 heterocycles. The molecule has 4 aromatic rings. The van der Waals surface area contributed by atoms with Gasteiger partial charge >= 0.3 is 0 Å². The number of ether oxygens (including phenoxy) is 3. The van der Waals surface area contributed by atoms with Crippen LogP contribution >= 0.6 is 11.3 Å². The van der Waals surface area contributed by atoms with Gasteiger partial charge in [-0.3, -0.25) is 0 Å². The van der Waals surface area contributed by atoms with E-state index in [1.165, 1.54) is 17.8 Å². The monoisotopic (exact) mass is 501 g/mol. The van der Waals surface area contributed by atoms with Gasteiger partial charge in [0.25, 0.3) is 0 Å². The first-order chi connectivity index (χ1) is 17.4. The molecule has 2 N–H and O–H groups in total. The summed E-state index contributed by atoms with van der Waals surface area (Å²) < 4.78 is 20.1. The van der Waals surface area contributed by atoms with E-state index in [2.05, 4.69) is 27.2 Å². The van der Waals surface area contributed by atoms with Crippen molar-refractivity contribution < 1.29 is 14.2 Å². The van der Waals surface area contributed by atoms with Crippen molar-refractivity contribution in [2.24, 2.45) is 5.73 Å². The second-order valence-electron chi connectivity index (χ2n) is 9.84. The zero-order valence-electron chi connectivity index (χ0n) is 20.4. The summed E-state index contributed by atoms with van der Waals surface area (Å²) in [5, 5.41) is 3.28. The van der Waals surface area contributed by atoms with Crippen LogP contribution in [0.3, 0.4) is 0 Å². The molecule has 0 spiro atoms. The minimum Gasteiger partial charge on any atom is -0.493 e. The molecule has 1 aliphatic heterocycles. The average molecular weight is 502 g/mol. The highest BCUT2D eigenvalue weighted by atomic mass is 32.1. The molecule has 2 aliphatic rings. The lowest BCUT2D eigenvalue weighted by Gasteiger charge is -2.27. The first-order valence-corrected chi connectivity index (χ1v) is 12.8. The lowest BCUT2D eigenvalue weighted by molar-refractivity contribution is 0.0844. The van der Waals surface area contributed by atoms with Gasteiger partial charge in [-0.05, 0) is 50.5 Å². The smallest absolute Gasteiger partial charge is 0.204 e. The summed E-state index contributed by atoms with van der Waals surface area (Å²) in [7, 11) is 1.64. The first-order valence-electron chi connectivity index (χ1n) is 11.9. The quantitative estimate of drug-likeness (QED) is 0.404. The summed E-state index contributed by atoms with van der Waals surface area (Å²) >= 11 is 1.71. The van der Waals surface area contributed by atoms with Gasteiger partial charge in [-0.1, -0.05) is 11.8 Å². The fraction of sp³-hybridized carbons (Fsp3) is 0.370. The molecule has 0 amide bonds. The summed E-state index contributed by atoms with van der Waals surface area (Å²) in [6.45, 7) is 4.70. The van der Waals surface area contributed by atoms with Gasteiger partial charge in [-0.25, -0.2) is 15.0 Å². The Hall–Kier alpha value is -3.61. The molecule has 0 saturated heterocycles. The number of hydrogen-bond acceptors (Lipinski definition) is 8. The summed E-state index contributed by atoms with van der Waals surface area (Å²) in [5.74, 6) is 8.63. The fourth-order valence-corrected chi connectivity index (χ4v) is 5.15. The van der Waals surface area contributed by atoms with Crippen molar-refractivity contribution >= 4 is 22.5 Å². The van der Waals surface area contributed by atoms with E-state index in [4.69, 9.17) is 24.9 Å². The number of aromatic nitrogens is 4. The van der Waals surface area contributed by atoms with Crippen LogP contribution in [0.1, 0.15) is 60.5 Å². The van der Waals surface area contributed by atoms with Crippen LogP contribution in [0.2, 0.25) is 0 Å². The molecular weight excluding hydrogens is 474 g/mol. The van der Waals surface area contributed by atoms with E-state index >= 15 is 0 Å². The summed E-state index contributed by atoms with van der Waals surface area (Å²) in [6.07, 6.45) is 5.75. The maximum absolute atomic E-state index is 6.31. The van der Waals surface area contributed by atoms with Crippen LogP contribution < -0.4 is 19.9 Å². The Morgan fingerprint density at radius 2 is 2.11 bits per heavy atom. The highest BCUT2D eigenvalue weighted by Gasteiger charge is 2.31. The molecule has 1 fully saturated rings. The average Bonchev–Trinajstić information content (AvgIpc) is 3.46. The molecule has 3 aromatic heterocycles. The van der Waals surface area contributed by atoms with Gasteiger partial charge < -0.3 is 24.5 Å². The lowest BCUT2D eigenvalue weighted by Crippen LogP contribution is -2.29. The summed E-state index contributed by atoms with van der Waals surface area (Å²) in [4.78, 5) is 13.9. The number of nitrogens with zero attached hydrogens (tertiary/aromatic N) is 4. The van der Waals surface area contributed by atoms with Gasteiger partial charge in [-0.2, -0.15) is 0 Å². The van der Waals surface area contributed by atoms with Crippen molar-refractivity contribution in [2.45, 2.75) is 50.8 Å². The van der Waals surface area contributed by atoms with Crippen LogP contribution in [-0.2, 0) is 6.54 Å². The van der Waals surface area contributed by atoms with Crippen LogP contribution in [0.4, 0.5) is 0 Å². The predicted octanol–water partition coefficient (Wildman–Crippen LogP) is 4.42. The summed E-state index contributed by atoms with van der Waals surface area (Å²) in [6, 6.07) is 5.88. The number of methoxy groups -OCH3 is 1. The molecule has 184 valence electrons. The van der Waals surface area contributed by atoms with Crippen molar-refractivity contribution in [3.8, 4) is 29.1 Å². The Morgan fingerprint density at radius 3 is 2.89 bits per heavy atom. The summed E-state index contributed by atoms with van der Waals surface area (Å²) in [5.41, 5.74) is 9.65. The van der Waals surface area contributed by atoms with Gasteiger partial charge in [0.15, 0.2) is 23.3 Å². The van der Waals surface area contributed by atoms with Gasteiger partial charge in [0.1, 0.15) is 12.1 Å². The number of hydrogen-bond donors (Lipinski definition) is 1. The van der Waals surface area contributed by atoms with Gasteiger partial charge in [0, 0.05) is 23.1 Å². The van der Waals surface area contributed by atoms with E-state index in [9.17, 15) is 0 Å². The third kappa shape index (κ3) is 4.62. The van der Waals surface area contributed by atoms with Crippen LogP contribution in [0, 0.1) is 11.8 Å². The number of pyridine rings is 1. The largest absolute Gasteiger partial charge is 0.493 e. The van der Waals surface area contributed by atoms with E-state index in [0.717, 1.165) is 28.0 Å². The molecule has 1 atom stereocenters. The Labute approximate surface area is 213 Å². The maximum Gasteiger partial charge on any atom is 0.204 e. The maximum atomic E-state index is 6.31. The third-order valence-corrected chi connectivity index (χ3v) is 7.11. The first kappa shape index (κ1) is 22.8. The predicted molar refractivity (Wildman–Crippen MR) is 138 cm³/mol. The van der Waals surface area contributed by atoms with Crippen molar-refractivity contribution in [1.29, 1.82) is 0 Å². The number of benzene rings is 1. The van der Waals surface area contributed by atoms with Gasteiger partial charge in [-0.15, -0.1) is 11.3 Å². The Bertz CT molecular complexity index is 1490. The van der Waals surface area contributed by atoms with E-state index in [0.29, 0.717) is 36.3 Å². The van der Waals surface area contributed by atoms with Crippen LogP contribution in [-0.4, -0.2) is 38.8 Å². The van der Waals surface area contributed by atoms with E-state index in [1.54, 1.807) is 31.0 Å². The number of nitrogens with two attached hydrogens (primary N) is 1. The molecule has 36 heavy (non-hydrogen) atoms. The Morgan fingerprint density at radius 1 is 1.25 bits per heavy atom. The molecule has 0 bridgehead atoms. The van der Waals surface area contributed by atoms with Gasteiger partial charge in [0.05, 0.1) is 36.2 Å². The molecule has 8 nitrogen and oxygen atoms in total. The highest BCUT2D eigenvalue weighted by Crippen LogP contribution is 2.46. The minimum absolute atomic E-state index is 0.245. The van der Waals surface area contributed by atoms with E-state index in [1.807, 2.05) is 36.6 Å². The second kappa shape index (κ2) is 8.80. The Kier molecular flexibility index (Phi) is 5.58. The molecule has 1 saturated carbocycles. The van der Waals surface area contributed by atoms with E-state index in [-0.39, 0.29) is 6.10 Å². The SMILES string of the molecule is COc1cc(Cn2cnc3cc(C#CC(C)(C)N)cnc32)cc2c1OC(c1csc(C3CC3)n1)CO2. The van der Waals surface area contributed by atoms with Crippen molar-refractivity contribution in [3.63, 3.8) is 0 Å². The third-order valence-electron chi connectivity index (χ3n) is 6.08. The van der Waals surface area contributed by atoms with Crippen molar-refractivity contribution in [1.82, 2.24) is 19.5 Å². The molecule has 1 aliphatic carbocycles. The van der Waals surface area contributed by atoms with Crippen molar-refractivity contribution in [2.75, 3.05) is 13.7 Å². The normalized spacial score (nSPS) is 17.1. The van der Waals surface area contributed by atoms with Crippen molar-refractivity contribution in [3.05, 3.63) is 57.9 Å². The van der Waals surface area contributed by atoms with Crippen LogP contribution in [0.25, 0.3) is 11.2 Å². The minimum atomic E-state index is -0.564. The van der Waals surface area contributed by atoms with E-state index < -0.39 is 5.54 Å². The molecule has 1 unspecified atom stereocenters. The van der Waals surface area contributed by atoms with Crippen LogP contribution in [0.5, 0.6) is 17.2 Å². The highest BCUT2D eigenvalue weighted by molar-refractivity contribution is 7.09. The molecule has 0 radical (unpaired) electrons. The number of imidazole rings is 1. The fourth-order valence-electron chi connectivity index (χ4n) is 4.11. The van der Waals surface area contributed by atoms with Crippen LogP contribution in [0.15, 0.2) is 36.1 Å². The number of fused-ring (bicyclic) bond motifs is 2.